The van der Waals surface area contributed by atoms with Crippen LogP contribution in [0, 0.1) is 6.92 Å². The molecule has 0 saturated heterocycles. The topological polar surface area (TPSA) is 36.4 Å². The second-order valence-corrected chi connectivity index (χ2v) is 4.72. The molecule has 0 fully saturated rings. The molecule has 1 aromatic heterocycles. The van der Waals surface area contributed by atoms with E-state index >= 15 is 0 Å². The van der Waals surface area contributed by atoms with E-state index in [1.54, 1.807) is 6.20 Å². The van der Waals surface area contributed by atoms with Crippen molar-refractivity contribution in [2.45, 2.75) is 20.0 Å². The molecule has 0 amide bonds. The van der Waals surface area contributed by atoms with Gasteiger partial charge in [0.1, 0.15) is 0 Å². The lowest BCUT2D eigenvalue weighted by atomic mass is 10.1. The van der Waals surface area contributed by atoms with Crippen molar-refractivity contribution >= 4 is 0 Å². The van der Waals surface area contributed by atoms with E-state index in [4.69, 9.17) is 0 Å². The highest BCUT2D eigenvalue weighted by molar-refractivity contribution is 5.25. The number of benzene rings is 1. The molecule has 0 bridgehead atoms. The van der Waals surface area contributed by atoms with E-state index in [-0.39, 0.29) is 6.61 Å². The van der Waals surface area contributed by atoms with Gasteiger partial charge >= 0.3 is 0 Å². The van der Waals surface area contributed by atoms with Crippen LogP contribution in [0.4, 0.5) is 0 Å². The number of rotatable bonds is 6. The zero-order valence-electron chi connectivity index (χ0n) is 11.3. The maximum Gasteiger partial charge on any atom is 0.0558 e. The third kappa shape index (κ3) is 4.16. The average Bonchev–Trinajstić information content (AvgIpc) is 2.43. The Labute approximate surface area is 114 Å². The molecule has 0 atom stereocenters. The van der Waals surface area contributed by atoms with Crippen molar-refractivity contribution in [2.75, 3.05) is 13.2 Å². The summed E-state index contributed by atoms with van der Waals surface area (Å²) in [6, 6.07) is 12.4. The highest BCUT2D eigenvalue weighted by Gasteiger charge is 2.08. The third-order valence-corrected chi connectivity index (χ3v) is 3.20. The van der Waals surface area contributed by atoms with Gasteiger partial charge in [-0.2, -0.15) is 0 Å². The molecule has 19 heavy (non-hydrogen) atoms. The lowest BCUT2D eigenvalue weighted by molar-refractivity contribution is 0.184. The first-order valence-electron chi connectivity index (χ1n) is 6.56. The maximum atomic E-state index is 9.20. The molecule has 0 saturated carbocycles. The highest BCUT2D eigenvalue weighted by atomic mass is 16.3. The lowest BCUT2D eigenvalue weighted by Gasteiger charge is -2.22. The zero-order chi connectivity index (χ0) is 13.5. The maximum absolute atomic E-state index is 9.20. The second kappa shape index (κ2) is 7.02. The van der Waals surface area contributed by atoms with Crippen molar-refractivity contribution in [3.63, 3.8) is 0 Å². The molecule has 0 radical (unpaired) electrons. The van der Waals surface area contributed by atoms with Crippen LogP contribution in [0.15, 0.2) is 48.8 Å². The Balaban J connectivity index is 2.06. The van der Waals surface area contributed by atoms with E-state index in [0.29, 0.717) is 6.54 Å². The van der Waals surface area contributed by atoms with E-state index in [0.717, 1.165) is 13.1 Å². The fourth-order valence-corrected chi connectivity index (χ4v) is 2.13. The molecule has 3 heteroatoms. The minimum Gasteiger partial charge on any atom is -0.395 e. The molecular weight excluding hydrogens is 236 g/mol. The summed E-state index contributed by atoms with van der Waals surface area (Å²) in [6.45, 7) is 4.62. The Kier molecular flexibility index (Phi) is 5.07. The Morgan fingerprint density at radius 3 is 2.63 bits per heavy atom. The summed E-state index contributed by atoms with van der Waals surface area (Å²) in [4.78, 5) is 6.37. The second-order valence-electron chi connectivity index (χ2n) is 4.72. The first-order valence-corrected chi connectivity index (χ1v) is 6.56. The van der Waals surface area contributed by atoms with Crippen molar-refractivity contribution in [3.05, 3.63) is 65.5 Å². The Morgan fingerprint density at radius 2 is 1.95 bits per heavy atom. The Hall–Kier alpha value is -1.71. The van der Waals surface area contributed by atoms with E-state index < -0.39 is 0 Å². The number of aromatic nitrogens is 1. The van der Waals surface area contributed by atoms with Gasteiger partial charge in [-0.15, -0.1) is 0 Å². The molecule has 100 valence electrons. The van der Waals surface area contributed by atoms with E-state index in [9.17, 15) is 5.11 Å². The van der Waals surface area contributed by atoms with Gasteiger partial charge in [-0.05, 0) is 29.7 Å². The van der Waals surface area contributed by atoms with Crippen LogP contribution in [-0.4, -0.2) is 28.1 Å². The van der Waals surface area contributed by atoms with Crippen LogP contribution in [0.3, 0.4) is 0 Å². The molecule has 0 aliphatic carbocycles. The molecule has 0 aliphatic heterocycles. The van der Waals surface area contributed by atoms with Gasteiger partial charge in [0.05, 0.1) is 6.61 Å². The molecule has 3 nitrogen and oxygen atoms in total. The van der Waals surface area contributed by atoms with Crippen molar-refractivity contribution < 1.29 is 5.11 Å². The number of pyridine rings is 1. The van der Waals surface area contributed by atoms with Gasteiger partial charge in [-0.1, -0.05) is 30.3 Å². The number of aryl methyl sites for hydroxylation is 1. The van der Waals surface area contributed by atoms with Crippen molar-refractivity contribution in [1.29, 1.82) is 0 Å². The van der Waals surface area contributed by atoms with E-state index in [2.05, 4.69) is 47.1 Å². The fourth-order valence-electron chi connectivity index (χ4n) is 2.13. The molecule has 1 aromatic carbocycles. The van der Waals surface area contributed by atoms with Crippen LogP contribution in [0.1, 0.15) is 16.7 Å². The molecule has 2 aromatic rings. The van der Waals surface area contributed by atoms with E-state index in [1.165, 1.54) is 16.7 Å². The van der Waals surface area contributed by atoms with Gasteiger partial charge in [0.25, 0.3) is 0 Å². The molecular formula is C16H20N2O. The standard InChI is InChI=1S/C16H20N2O/c1-14-5-2-3-7-16(14)13-18(9-10-19)12-15-6-4-8-17-11-15/h2-8,11,19H,9-10,12-13H2,1H3. The van der Waals surface area contributed by atoms with Crippen LogP contribution in [0.25, 0.3) is 0 Å². The van der Waals surface area contributed by atoms with Gasteiger partial charge in [-0.3, -0.25) is 9.88 Å². The van der Waals surface area contributed by atoms with Crippen LogP contribution < -0.4 is 0 Å². The largest absolute Gasteiger partial charge is 0.395 e. The van der Waals surface area contributed by atoms with Gasteiger partial charge in [0, 0.05) is 32.0 Å². The Morgan fingerprint density at radius 1 is 1.11 bits per heavy atom. The first kappa shape index (κ1) is 13.7. The van der Waals surface area contributed by atoms with Crippen LogP contribution in [0.2, 0.25) is 0 Å². The van der Waals surface area contributed by atoms with Gasteiger partial charge in [0.15, 0.2) is 0 Å². The Bertz CT molecular complexity index is 499. The molecule has 0 spiro atoms. The van der Waals surface area contributed by atoms with Crippen LogP contribution in [-0.2, 0) is 13.1 Å². The summed E-state index contributed by atoms with van der Waals surface area (Å²) in [5, 5.41) is 9.20. The van der Waals surface area contributed by atoms with Crippen molar-refractivity contribution in [1.82, 2.24) is 9.88 Å². The molecule has 0 aliphatic rings. The molecule has 1 N–H and O–H groups in total. The quantitative estimate of drug-likeness (QED) is 0.862. The van der Waals surface area contributed by atoms with Crippen LogP contribution in [0.5, 0.6) is 0 Å². The first-order chi connectivity index (χ1) is 9.29. The lowest BCUT2D eigenvalue weighted by Crippen LogP contribution is -2.26. The number of aliphatic hydroxyl groups excluding tert-OH is 1. The summed E-state index contributed by atoms with van der Waals surface area (Å²) >= 11 is 0. The molecule has 2 rings (SSSR count). The average molecular weight is 256 g/mol. The number of aliphatic hydroxyl groups is 1. The van der Waals surface area contributed by atoms with Crippen molar-refractivity contribution in [3.8, 4) is 0 Å². The molecule has 0 unspecified atom stereocenters. The van der Waals surface area contributed by atoms with Crippen LogP contribution >= 0.6 is 0 Å². The van der Waals surface area contributed by atoms with Gasteiger partial charge in [0.2, 0.25) is 0 Å². The monoisotopic (exact) mass is 256 g/mol. The summed E-state index contributed by atoms with van der Waals surface area (Å²) in [5.74, 6) is 0. The van der Waals surface area contributed by atoms with Crippen molar-refractivity contribution in [2.24, 2.45) is 0 Å². The third-order valence-electron chi connectivity index (χ3n) is 3.20. The normalized spacial score (nSPS) is 10.9. The minimum atomic E-state index is 0.173. The predicted octanol–water partition coefficient (Wildman–Crippen LogP) is 2.38. The summed E-state index contributed by atoms with van der Waals surface area (Å²) in [7, 11) is 0. The predicted molar refractivity (Wildman–Crippen MR) is 76.6 cm³/mol. The zero-order valence-corrected chi connectivity index (χ0v) is 11.3. The van der Waals surface area contributed by atoms with E-state index in [1.807, 2.05) is 12.3 Å². The summed E-state index contributed by atoms with van der Waals surface area (Å²) in [5.41, 5.74) is 3.76. The summed E-state index contributed by atoms with van der Waals surface area (Å²) < 4.78 is 0. The van der Waals surface area contributed by atoms with Gasteiger partial charge < -0.3 is 5.11 Å². The fraction of sp³-hybridized carbons (Fsp3) is 0.312. The summed E-state index contributed by atoms with van der Waals surface area (Å²) in [6.07, 6.45) is 3.66. The highest BCUT2D eigenvalue weighted by Crippen LogP contribution is 2.12. The smallest absolute Gasteiger partial charge is 0.0558 e. The number of nitrogens with zero attached hydrogens (tertiary/aromatic N) is 2. The number of hydrogen-bond acceptors (Lipinski definition) is 3. The molecule has 1 heterocycles. The van der Waals surface area contributed by atoms with Gasteiger partial charge in [-0.25, -0.2) is 0 Å². The minimum absolute atomic E-state index is 0.173. The number of hydrogen-bond donors (Lipinski definition) is 1. The SMILES string of the molecule is Cc1ccccc1CN(CCO)Cc1cccnc1.